The van der Waals surface area contributed by atoms with Gasteiger partial charge in [-0.25, -0.2) is 22.4 Å². The molecule has 1 saturated carbocycles. The van der Waals surface area contributed by atoms with Crippen molar-refractivity contribution in [3.63, 3.8) is 0 Å². The Morgan fingerprint density at radius 3 is 2.31 bits per heavy atom. The van der Waals surface area contributed by atoms with Crippen LogP contribution in [0.2, 0.25) is 5.02 Å². The van der Waals surface area contributed by atoms with E-state index in [1.54, 1.807) is 7.05 Å². The number of aryl methyl sites for hydroxylation is 1. The van der Waals surface area contributed by atoms with Gasteiger partial charge in [0.1, 0.15) is 29.5 Å². The third-order valence-electron chi connectivity index (χ3n) is 16.8. The Kier molecular flexibility index (Phi) is 15.5. The number of rotatable bonds is 16. The minimum Gasteiger partial charge on any atom is -0.488 e. The summed E-state index contributed by atoms with van der Waals surface area (Å²) in [5.41, 5.74) is 5.71. The Morgan fingerprint density at radius 2 is 1.61 bits per heavy atom. The molecule has 4 aliphatic heterocycles. The van der Waals surface area contributed by atoms with Crippen LogP contribution in [0.5, 0.6) is 11.5 Å². The first-order valence-electron chi connectivity index (χ1n) is 26.4. The molecule has 75 heavy (non-hydrogen) atoms. The monoisotopic (exact) mass is 1060 g/mol. The second-order valence-electron chi connectivity index (χ2n) is 21.2. The Hall–Kier alpha value is -5.79. The third kappa shape index (κ3) is 10.3. The predicted octanol–water partition coefficient (Wildman–Crippen LogP) is 8.89. The molecule has 400 valence electrons. The molecule has 4 fully saturated rings. The van der Waals surface area contributed by atoms with Crippen molar-refractivity contribution in [2.45, 2.75) is 94.6 Å². The quantitative estimate of drug-likeness (QED) is 0.0701. The minimum absolute atomic E-state index is 0.0295. The van der Waals surface area contributed by atoms with E-state index in [0.29, 0.717) is 36.8 Å². The van der Waals surface area contributed by atoms with Crippen molar-refractivity contribution in [3.05, 3.63) is 105 Å². The summed E-state index contributed by atoms with van der Waals surface area (Å²) >= 11 is 6.73. The lowest BCUT2D eigenvalue weighted by Gasteiger charge is -2.39. The number of imide groups is 1. The van der Waals surface area contributed by atoms with E-state index < -0.39 is 52.6 Å². The van der Waals surface area contributed by atoms with Crippen LogP contribution in [0.1, 0.15) is 110 Å². The van der Waals surface area contributed by atoms with Gasteiger partial charge in [0, 0.05) is 73.4 Å². The van der Waals surface area contributed by atoms with Crippen LogP contribution in [0, 0.1) is 35.1 Å². The van der Waals surface area contributed by atoms with Gasteiger partial charge >= 0.3 is 6.03 Å². The fourth-order valence-corrected chi connectivity index (χ4v) is 12.9. The molecule has 4 aromatic carbocycles. The normalized spacial score (nSPS) is 23.1. The van der Waals surface area contributed by atoms with Gasteiger partial charge in [0.2, 0.25) is 11.8 Å². The van der Waals surface area contributed by atoms with Crippen LogP contribution in [-0.2, 0) is 17.4 Å². The van der Waals surface area contributed by atoms with Crippen LogP contribution in [0.4, 0.5) is 28.2 Å². The van der Waals surface area contributed by atoms with E-state index >= 15 is 17.6 Å². The number of hydrogen-bond donors (Lipinski definition) is 4. The number of halogens is 5. The van der Waals surface area contributed by atoms with Gasteiger partial charge < -0.3 is 35.4 Å². The lowest BCUT2D eigenvalue weighted by molar-refractivity contribution is -0.120. The summed E-state index contributed by atoms with van der Waals surface area (Å²) in [6.45, 7) is 7.49. The summed E-state index contributed by atoms with van der Waals surface area (Å²) < 4.78 is 78.0. The first-order valence-corrected chi connectivity index (χ1v) is 26.8. The summed E-state index contributed by atoms with van der Waals surface area (Å²) in [7, 11) is 1.58. The van der Waals surface area contributed by atoms with Crippen LogP contribution in [0.15, 0.2) is 54.6 Å². The zero-order valence-electron chi connectivity index (χ0n) is 42.4. The number of carbonyl (C=O) groups excluding carboxylic acids is 3. The molecule has 2 unspecified atom stereocenters. The number of nitrogens with two attached hydrogens (primary N) is 1. The topological polar surface area (TPSA) is 168 Å². The predicted molar refractivity (Wildman–Crippen MR) is 277 cm³/mol. The van der Waals surface area contributed by atoms with E-state index in [9.17, 15) is 19.5 Å². The molecule has 0 radical (unpaired) electrons. The van der Waals surface area contributed by atoms with Crippen molar-refractivity contribution in [3.8, 4) is 22.6 Å². The zero-order valence-corrected chi connectivity index (χ0v) is 43.2. The number of aliphatic hydroxyl groups is 1. The standard InChI is InChI=1S/C56H65ClF4N8O6/c1-32-45-43(29-41(59)49(57)48(45)47-38(53(62)72)12-13-42(50(47)60)74-27-26-70)75-56(32,36-6-4-3-5-7-36)31-63-37-10-8-34(9-11-37)30-68-21-15-33(16-22-68)14-20-67-23-17-35(18-24-67)46-40(58)28-39-52(51(46)61)66(2)65-54(39)69-25-19-44(71)64-55(69)73/h3-7,12-13,28-29,32-35,37,63,70H,8-11,14-27,30-31H2,1-2H3,(H2,62,72)(H,64,71,73). The summed E-state index contributed by atoms with van der Waals surface area (Å²) in [5, 5.41) is 19.6. The highest BCUT2D eigenvalue weighted by molar-refractivity contribution is 6.34. The van der Waals surface area contributed by atoms with Crippen molar-refractivity contribution in [1.29, 1.82) is 0 Å². The molecule has 0 spiro atoms. The van der Waals surface area contributed by atoms with Gasteiger partial charge in [-0.3, -0.25) is 24.5 Å². The molecule has 3 saturated heterocycles. The molecular formula is C56H65ClF4N8O6. The Labute approximate surface area is 438 Å². The van der Waals surface area contributed by atoms with Gasteiger partial charge in [-0.1, -0.05) is 48.9 Å². The van der Waals surface area contributed by atoms with Crippen LogP contribution in [0.3, 0.4) is 0 Å². The number of aromatic nitrogens is 2. The molecule has 4 amide bonds. The number of piperidine rings is 2. The zero-order chi connectivity index (χ0) is 52.7. The van der Waals surface area contributed by atoms with Crippen LogP contribution in [0.25, 0.3) is 22.0 Å². The summed E-state index contributed by atoms with van der Waals surface area (Å²) in [5.74, 6) is -3.91. The van der Waals surface area contributed by atoms with E-state index in [1.165, 1.54) is 33.8 Å². The molecule has 14 nitrogen and oxygen atoms in total. The van der Waals surface area contributed by atoms with Gasteiger partial charge in [0.05, 0.1) is 22.6 Å². The van der Waals surface area contributed by atoms with Gasteiger partial charge in [-0.15, -0.1) is 0 Å². The Morgan fingerprint density at radius 1 is 0.893 bits per heavy atom. The summed E-state index contributed by atoms with van der Waals surface area (Å²) in [6, 6.07) is 14.3. The molecule has 2 atom stereocenters. The SMILES string of the molecule is CC1c2c(cc(F)c(Cl)c2-c2c(C(N)=O)ccc(OCCO)c2F)OC1(CNC1CCC(CN2CCC(CCN3CCC(c4c(F)cc5c(N6CCC(=O)NC6=O)nn(C)c5c4F)CC3)CC2)CC1)c1ccccc1. The van der Waals surface area contributed by atoms with E-state index in [1.807, 2.05) is 37.3 Å². The number of carbonyl (C=O) groups is 3. The highest BCUT2D eigenvalue weighted by atomic mass is 35.5. The molecule has 1 aliphatic carbocycles. The van der Waals surface area contributed by atoms with E-state index in [-0.39, 0.29) is 93.6 Å². The summed E-state index contributed by atoms with van der Waals surface area (Å²) in [4.78, 5) is 43.3. The lowest BCUT2D eigenvalue weighted by Crippen LogP contribution is -2.49. The number of anilines is 1. The van der Waals surface area contributed by atoms with Gasteiger partial charge in [0.25, 0.3) is 0 Å². The van der Waals surface area contributed by atoms with Crippen LogP contribution >= 0.6 is 11.6 Å². The van der Waals surface area contributed by atoms with E-state index in [0.717, 1.165) is 89.8 Å². The number of hydrogen-bond acceptors (Lipinski definition) is 10. The Bertz CT molecular complexity index is 2960. The first kappa shape index (κ1) is 52.6. The molecule has 19 heteroatoms. The largest absolute Gasteiger partial charge is 0.488 e. The Balaban J connectivity index is 0.710. The van der Waals surface area contributed by atoms with Gasteiger partial charge in [-0.2, -0.15) is 5.10 Å². The average molecular weight is 1060 g/mol. The fraction of sp³-hybridized carbons (Fsp3) is 0.500. The number of urea groups is 1. The van der Waals surface area contributed by atoms with Crippen molar-refractivity contribution in [1.82, 2.24) is 30.2 Å². The molecule has 1 aromatic heterocycles. The number of nitrogens with zero attached hydrogens (tertiary/aromatic N) is 5. The molecule has 10 rings (SSSR count). The molecule has 5 aliphatic rings. The number of primary amides is 1. The molecule has 5 heterocycles. The van der Waals surface area contributed by atoms with Crippen molar-refractivity contribution in [2.24, 2.45) is 24.6 Å². The fourth-order valence-electron chi connectivity index (χ4n) is 12.7. The van der Waals surface area contributed by atoms with Gasteiger partial charge in [-0.05, 0) is 132 Å². The van der Waals surface area contributed by atoms with Crippen molar-refractivity contribution < 1.29 is 46.5 Å². The van der Waals surface area contributed by atoms with Crippen LogP contribution in [-0.4, -0.2) is 114 Å². The lowest BCUT2D eigenvalue weighted by atomic mass is 9.77. The van der Waals surface area contributed by atoms with E-state index in [4.69, 9.17) is 26.8 Å². The number of fused-ring (bicyclic) bond motifs is 2. The third-order valence-corrected chi connectivity index (χ3v) is 17.2. The number of ether oxygens (including phenoxy) is 2. The highest BCUT2D eigenvalue weighted by Gasteiger charge is 2.50. The maximum absolute atomic E-state index is 16.5. The maximum atomic E-state index is 16.5. The molecule has 0 bridgehead atoms. The van der Waals surface area contributed by atoms with Crippen LogP contribution < -0.4 is 30.7 Å². The number of amides is 4. The molecule has 5 N–H and O–H groups in total. The highest BCUT2D eigenvalue weighted by Crippen LogP contribution is 2.56. The number of aliphatic hydroxyl groups excluding tert-OH is 1. The number of likely N-dealkylation sites (tertiary alicyclic amines) is 2. The van der Waals surface area contributed by atoms with Gasteiger partial charge in [0.15, 0.2) is 28.8 Å². The van der Waals surface area contributed by atoms with Crippen molar-refractivity contribution >= 4 is 46.2 Å². The second kappa shape index (κ2) is 22.0. The average Bonchev–Trinajstić information content (AvgIpc) is 3.91. The number of nitrogens with one attached hydrogen (secondary N) is 2. The summed E-state index contributed by atoms with van der Waals surface area (Å²) in [6.07, 6.45) is 8.84. The maximum Gasteiger partial charge on any atom is 0.329 e. The number of benzene rings is 4. The first-order chi connectivity index (χ1) is 36.1. The smallest absolute Gasteiger partial charge is 0.329 e. The second-order valence-corrected chi connectivity index (χ2v) is 21.6. The minimum atomic E-state index is -1.05. The van der Waals surface area contributed by atoms with Crippen molar-refractivity contribution in [2.75, 3.05) is 70.5 Å². The molecular weight excluding hydrogens is 992 g/mol. The molecule has 5 aromatic rings. The van der Waals surface area contributed by atoms with E-state index in [2.05, 4.69) is 25.5 Å².